The summed E-state index contributed by atoms with van der Waals surface area (Å²) in [5.74, 6) is 0.472. The summed E-state index contributed by atoms with van der Waals surface area (Å²) in [4.78, 5) is 23.9. The lowest BCUT2D eigenvalue weighted by Gasteiger charge is -2.07. The normalized spacial score (nSPS) is 10.5. The summed E-state index contributed by atoms with van der Waals surface area (Å²) in [6.45, 7) is 0.224. The lowest BCUT2D eigenvalue weighted by Crippen LogP contribution is -2.24. The maximum Gasteiger partial charge on any atom is 0.272 e. The molecule has 1 heterocycles. The van der Waals surface area contributed by atoms with Gasteiger partial charge in [-0.15, -0.1) is 0 Å². The summed E-state index contributed by atoms with van der Waals surface area (Å²) in [5, 5.41) is 10.6. The Morgan fingerprint density at radius 1 is 1.13 bits per heavy atom. The number of H-pyrrole nitrogens is 1. The standard InChI is InChI=1S/C17H15N3O3/c1-23-12-8-6-11(7-9-12)16(21)18-10-15-13-4-2-3-5-14(13)17(22)20-19-15/h2-9H,10H2,1H3,(H,18,21)(H,20,22). The van der Waals surface area contributed by atoms with Gasteiger partial charge in [0.1, 0.15) is 5.75 Å². The molecule has 116 valence electrons. The van der Waals surface area contributed by atoms with Crippen molar-refractivity contribution in [3.63, 3.8) is 0 Å². The van der Waals surface area contributed by atoms with Crippen LogP contribution in [0.15, 0.2) is 53.3 Å². The Balaban J connectivity index is 1.79. The second-order valence-corrected chi connectivity index (χ2v) is 4.96. The summed E-state index contributed by atoms with van der Waals surface area (Å²) < 4.78 is 5.06. The number of hydrogen-bond donors (Lipinski definition) is 2. The molecule has 0 saturated heterocycles. The van der Waals surface area contributed by atoms with Crippen LogP contribution in [0.2, 0.25) is 0 Å². The van der Waals surface area contributed by atoms with Crippen LogP contribution < -0.4 is 15.6 Å². The van der Waals surface area contributed by atoms with Crippen molar-refractivity contribution in [1.29, 1.82) is 0 Å². The van der Waals surface area contributed by atoms with Gasteiger partial charge in [-0.2, -0.15) is 5.10 Å². The van der Waals surface area contributed by atoms with Crippen LogP contribution in [0.1, 0.15) is 16.1 Å². The Labute approximate surface area is 132 Å². The summed E-state index contributed by atoms with van der Waals surface area (Å²) >= 11 is 0. The molecule has 0 unspecified atom stereocenters. The van der Waals surface area contributed by atoms with E-state index in [9.17, 15) is 9.59 Å². The molecule has 6 heteroatoms. The summed E-state index contributed by atoms with van der Waals surface area (Å²) in [6, 6.07) is 14.0. The first-order valence-electron chi connectivity index (χ1n) is 7.07. The van der Waals surface area contributed by atoms with E-state index in [4.69, 9.17) is 4.74 Å². The van der Waals surface area contributed by atoms with Crippen LogP contribution >= 0.6 is 0 Å². The maximum atomic E-state index is 12.2. The third-order valence-electron chi connectivity index (χ3n) is 3.54. The predicted molar refractivity (Wildman–Crippen MR) is 86.5 cm³/mol. The summed E-state index contributed by atoms with van der Waals surface area (Å²) in [6.07, 6.45) is 0. The molecule has 0 radical (unpaired) electrons. The number of hydrogen-bond acceptors (Lipinski definition) is 4. The lowest BCUT2D eigenvalue weighted by atomic mass is 10.1. The second-order valence-electron chi connectivity index (χ2n) is 4.96. The minimum atomic E-state index is -0.245. The number of rotatable bonds is 4. The molecule has 6 nitrogen and oxygen atoms in total. The molecule has 2 N–H and O–H groups in total. The van der Waals surface area contributed by atoms with Gasteiger partial charge in [0.2, 0.25) is 0 Å². The fourth-order valence-corrected chi connectivity index (χ4v) is 2.31. The van der Waals surface area contributed by atoms with Crippen molar-refractivity contribution in [1.82, 2.24) is 15.5 Å². The highest BCUT2D eigenvalue weighted by Crippen LogP contribution is 2.13. The molecule has 1 amide bonds. The van der Waals surface area contributed by atoms with Gasteiger partial charge in [-0.3, -0.25) is 9.59 Å². The number of amides is 1. The van der Waals surface area contributed by atoms with Gasteiger partial charge in [0.25, 0.3) is 11.5 Å². The highest BCUT2D eigenvalue weighted by Gasteiger charge is 2.09. The smallest absolute Gasteiger partial charge is 0.272 e. The van der Waals surface area contributed by atoms with Crippen LogP contribution in [0.25, 0.3) is 10.8 Å². The van der Waals surface area contributed by atoms with Crippen molar-refractivity contribution in [2.24, 2.45) is 0 Å². The molecule has 0 aliphatic heterocycles. The Bertz CT molecular complexity index is 901. The molecular weight excluding hydrogens is 294 g/mol. The lowest BCUT2D eigenvalue weighted by molar-refractivity contribution is 0.0950. The predicted octanol–water partition coefficient (Wildman–Crippen LogP) is 1.86. The molecule has 3 aromatic rings. The van der Waals surface area contributed by atoms with Gasteiger partial charge >= 0.3 is 0 Å². The number of nitrogens with one attached hydrogen (secondary N) is 2. The Kier molecular flexibility index (Phi) is 4.05. The Morgan fingerprint density at radius 2 is 1.83 bits per heavy atom. The maximum absolute atomic E-state index is 12.2. The van der Waals surface area contributed by atoms with Gasteiger partial charge in [-0.05, 0) is 30.3 Å². The molecule has 0 fully saturated rings. The van der Waals surface area contributed by atoms with Gasteiger partial charge < -0.3 is 10.1 Å². The third-order valence-corrected chi connectivity index (χ3v) is 3.54. The molecule has 0 bridgehead atoms. The zero-order chi connectivity index (χ0) is 16.2. The minimum absolute atomic E-state index is 0.218. The molecular formula is C17H15N3O3. The van der Waals surface area contributed by atoms with E-state index in [1.165, 1.54) is 0 Å². The van der Waals surface area contributed by atoms with Gasteiger partial charge in [0.15, 0.2) is 0 Å². The van der Waals surface area contributed by atoms with Gasteiger partial charge in [-0.25, -0.2) is 5.10 Å². The monoisotopic (exact) mass is 309 g/mol. The number of benzene rings is 2. The fraction of sp³-hybridized carbons (Fsp3) is 0.118. The van der Waals surface area contributed by atoms with E-state index in [2.05, 4.69) is 15.5 Å². The second kappa shape index (κ2) is 6.31. The number of aromatic amines is 1. The molecule has 2 aromatic carbocycles. The molecule has 0 atom stereocenters. The SMILES string of the molecule is COc1ccc(C(=O)NCc2n[nH]c(=O)c3ccccc23)cc1. The van der Waals surface area contributed by atoms with Crippen molar-refractivity contribution in [2.45, 2.75) is 6.54 Å². The highest BCUT2D eigenvalue weighted by atomic mass is 16.5. The number of fused-ring (bicyclic) bond motifs is 1. The first kappa shape index (κ1) is 14.8. The van der Waals surface area contributed by atoms with Gasteiger partial charge in [-0.1, -0.05) is 18.2 Å². The van der Waals surface area contributed by atoms with E-state index in [1.54, 1.807) is 43.5 Å². The molecule has 3 rings (SSSR count). The van der Waals surface area contributed by atoms with Crippen molar-refractivity contribution in [2.75, 3.05) is 7.11 Å². The quantitative estimate of drug-likeness (QED) is 0.770. The topological polar surface area (TPSA) is 84.1 Å². The molecule has 0 aliphatic rings. The number of ether oxygens (including phenoxy) is 1. The van der Waals surface area contributed by atoms with Crippen LogP contribution in [0.3, 0.4) is 0 Å². The van der Waals surface area contributed by atoms with E-state index in [0.29, 0.717) is 22.4 Å². The molecule has 1 aromatic heterocycles. The van der Waals surface area contributed by atoms with Gasteiger partial charge in [0.05, 0.1) is 24.7 Å². The Morgan fingerprint density at radius 3 is 2.52 bits per heavy atom. The average Bonchev–Trinajstić information content (AvgIpc) is 2.61. The molecule has 0 aliphatic carbocycles. The van der Waals surface area contributed by atoms with Gasteiger partial charge in [0, 0.05) is 10.9 Å². The number of nitrogens with zero attached hydrogens (tertiary/aromatic N) is 1. The number of aromatic nitrogens is 2. The largest absolute Gasteiger partial charge is 0.497 e. The Hall–Kier alpha value is -3.15. The van der Waals surface area contributed by atoms with Crippen molar-refractivity contribution < 1.29 is 9.53 Å². The number of carbonyl (C=O) groups is 1. The van der Waals surface area contributed by atoms with Crippen LogP contribution in [-0.4, -0.2) is 23.2 Å². The van der Waals surface area contributed by atoms with E-state index in [-0.39, 0.29) is 18.0 Å². The van der Waals surface area contributed by atoms with Crippen molar-refractivity contribution in [3.8, 4) is 5.75 Å². The highest BCUT2D eigenvalue weighted by molar-refractivity contribution is 5.94. The first-order valence-corrected chi connectivity index (χ1v) is 7.07. The van der Waals surface area contributed by atoms with Crippen molar-refractivity contribution >= 4 is 16.7 Å². The van der Waals surface area contributed by atoms with Crippen LogP contribution in [-0.2, 0) is 6.54 Å². The zero-order valence-electron chi connectivity index (χ0n) is 12.5. The fourth-order valence-electron chi connectivity index (χ4n) is 2.31. The van der Waals surface area contributed by atoms with E-state index < -0.39 is 0 Å². The van der Waals surface area contributed by atoms with Crippen LogP contribution in [0, 0.1) is 0 Å². The summed E-state index contributed by atoms with van der Waals surface area (Å²) in [5.41, 5.74) is 0.896. The van der Waals surface area contributed by atoms with Crippen LogP contribution in [0.5, 0.6) is 5.75 Å². The van der Waals surface area contributed by atoms with E-state index in [0.717, 1.165) is 5.39 Å². The van der Waals surface area contributed by atoms with E-state index in [1.807, 2.05) is 12.1 Å². The molecule has 23 heavy (non-hydrogen) atoms. The van der Waals surface area contributed by atoms with E-state index >= 15 is 0 Å². The number of carbonyl (C=O) groups excluding carboxylic acids is 1. The third kappa shape index (κ3) is 3.06. The first-order chi connectivity index (χ1) is 11.2. The van der Waals surface area contributed by atoms with Crippen LogP contribution in [0.4, 0.5) is 0 Å². The summed E-state index contributed by atoms with van der Waals surface area (Å²) in [7, 11) is 1.57. The molecule has 0 saturated carbocycles. The number of methoxy groups -OCH3 is 1. The average molecular weight is 309 g/mol. The molecule has 0 spiro atoms. The van der Waals surface area contributed by atoms with Crippen molar-refractivity contribution in [3.05, 3.63) is 70.1 Å². The zero-order valence-corrected chi connectivity index (χ0v) is 12.5. The minimum Gasteiger partial charge on any atom is -0.497 e.